The van der Waals surface area contributed by atoms with Crippen molar-refractivity contribution in [3.63, 3.8) is 0 Å². The molecular formula is C17H25Cl2N5O. The maximum Gasteiger partial charge on any atom is 0.220 e. The number of halogens is 2. The van der Waals surface area contributed by atoms with Gasteiger partial charge < -0.3 is 11.1 Å². The van der Waals surface area contributed by atoms with Crippen LogP contribution in [0.3, 0.4) is 0 Å². The van der Waals surface area contributed by atoms with Crippen LogP contribution in [-0.2, 0) is 11.3 Å². The highest BCUT2D eigenvalue weighted by atomic mass is 35.5. The van der Waals surface area contributed by atoms with E-state index in [1.54, 1.807) is 12.4 Å². The molecular weight excluding hydrogens is 361 g/mol. The number of carbonyl (C=O) groups is 1. The Hall–Kier alpha value is -1.63. The predicted octanol–water partition coefficient (Wildman–Crippen LogP) is 2.55. The van der Waals surface area contributed by atoms with Crippen LogP contribution in [0, 0.1) is 12.8 Å². The molecule has 3 N–H and O–H groups in total. The van der Waals surface area contributed by atoms with Gasteiger partial charge >= 0.3 is 0 Å². The minimum atomic E-state index is 0. The molecule has 138 valence electrons. The van der Waals surface area contributed by atoms with E-state index in [0.717, 1.165) is 36.5 Å². The Kier molecular flexibility index (Phi) is 8.35. The largest absolute Gasteiger partial charge is 0.352 e. The Labute approximate surface area is 160 Å². The van der Waals surface area contributed by atoms with Gasteiger partial charge in [-0.05, 0) is 37.3 Å². The van der Waals surface area contributed by atoms with Crippen LogP contribution in [0.4, 0.5) is 0 Å². The average molecular weight is 386 g/mol. The number of imidazole rings is 1. The molecule has 2 aromatic rings. The molecule has 8 heteroatoms. The van der Waals surface area contributed by atoms with Crippen LogP contribution in [0.2, 0.25) is 0 Å². The van der Waals surface area contributed by atoms with Crippen molar-refractivity contribution in [2.45, 2.75) is 45.2 Å². The molecule has 2 atom stereocenters. The third-order valence-corrected chi connectivity index (χ3v) is 4.54. The van der Waals surface area contributed by atoms with E-state index in [0.29, 0.717) is 18.9 Å². The normalized spacial score (nSPS) is 19.0. The molecule has 0 saturated heterocycles. The van der Waals surface area contributed by atoms with Crippen molar-refractivity contribution in [2.24, 2.45) is 11.7 Å². The zero-order chi connectivity index (χ0) is 16.2. The van der Waals surface area contributed by atoms with Crippen molar-refractivity contribution in [3.8, 4) is 5.82 Å². The SMILES string of the molecule is Cc1nccn1-c1ccc(CNC(=O)C[C@@H]2CCC[C@H]2N)cn1.Cl.Cl. The van der Waals surface area contributed by atoms with Crippen molar-refractivity contribution < 1.29 is 4.79 Å². The molecule has 0 aromatic carbocycles. The molecule has 0 unspecified atom stereocenters. The molecule has 0 spiro atoms. The van der Waals surface area contributed by atoms with E-state index in [9.17, 15) is 4.79 Å². The van der Waals surface area contributed by atoms with Gasteiger partial charge in [0.2, 0.25) is 5.91 Å². The number of hydrogen-bond acceptors (Lipinski definition) is 4. The number of pyridine rings is 1. The maximum absolute atomic E-state index is 12.0. The van der Waals surface area contributed by atoms with E-state index in [1.165, 1.54) is 0 Å². The number of nitrogens with one attached hydrogen (secondary N) is 1. The summed E-state index contributed by atoms with van der Waals surface area (Å²) in [6.07, 6.45) is 9.18. The van der Waals surface area contributed by atoms with Gasteiger partial charge in [-0.25, -0.2) is 9.97 Å². The topological polar surface area (TPSA) is 85.8 Å². The van der Waals surface area contributed by atoms with E-state index in [-0.39, 0.29) is 36.8 Å². The molecule has 1 amide bonds. The highest BCUT2D eigenvalue weighted by molar-refractivity contribution is 5.85. The van der Waals surface area contributed by atoms with Crippen LogP contribution < -0.4 is 11.1 Å². The summed E-state index contributed by atoms with van der Waals surface area (Å²) in [7, 11) is 0. The van der Waals surface area contributed by atoms with Gasteiger partial charge in [0.1, 0.15) is 11.6 Å². The van der Waals surface area contributed by atoms with Gasteiger partial charge in [0, 0.05) is 37.6 Å². The first-order valence-electron chi connectivity index (χ1n) is 8.11. The second kappa shape index (κ2) is 9.75. The summed E-state index contributed by atoms with van der Waals surface area (Å²) < 4.78 is 1.92. The molecule has 25 heavy (non-hydrogen) atoms. The second-order valence-corrected chi connectivity index (χ2v) is 6.20. The monoisotopic (exact) mass is 385 g/mol. The Bertz CT molecular complexity index is 674. The Morgan fingerprint density at radius 2 is 2.12 bits per heavy atom. The molecule has 1 fully saturated rings. The number of aryl methyl sites for hydroxylation is 1. The minimum absolute atomic E-state index is 0. The van der Waals surface area contributed by atoms with Gasteiger partial charge in [0.25, 0.3) is 0 Å². The zero-order valence-electron chi connectivity index (χ0n) is 14.2. The fraction of sp³-hybridized carbons (Fsp3) is 0.471. The molecule has 2 aromatic heterocycles. The van der Waals surface area contributed by atoms with Gasteiger partial charge in [-0.1, -0.05) is 12.5 Å². The highest BCUT2D eigenvalue weighted by Crippen LogP contribution is 2.26. The number of rotatable bonds is 5. The quantitative estimate of drug-likeness (QED) is 0.827. The van der Waals surface area contributed by atoms with E-state index in [2.05, 4.69) is 15.3 Å². The lowest BCUT2D eigenvalue weighted by Gasteiger charge is -2.14. The first-order valence-corrected chi connectivity index (χ1v) is 8.11. The van der Waals surface area contributed by atoms with Crippen LogP contribution in [0.15, 0.2) is 30.7 Å². The third-order valence-electron chi connectivity index (χ3n) is 4.54. The lowest BCUT2D eigenvalue weighted by Crippen LogP contribution is -2.31. The molecule has 0 bridgehead atoms. The van der Waals surface area contributed by atoms with Crippen LogP contribution >= 0.6 is 24.8 Å². The summed E-state index contributed by atoms with van der Waals surface area (Å²) in [4.78, 5) is 20.6. The number of nitrogens with zero attached hydrogens (tertiary/aromatic N) is 3. The van der Waals surface area contributed by atoms with Crippen molar-refractivity contribution in [1.82, 2.24) is 19.9 Å². The molecule has 0 aliphatic heterocycles. The van der Waals surface area contributed by atoms with Gasteiger partial charge in [-0.3, -0.25) is 9.36 Å². The molecule has 1 saturated carbocycles. The number of amides is 1. The fourth-order valence-electron chi connectivity index (χ4n) is 3.11. The summed E-state index contributed by atoms with van der Waals surface area (Å²) in [5.74, 6) is 2.13. The van der Waals surface area contributed by atoms with Gasteiger partial charge in [-0.15, -0.1) is 24.8 Å². The molecule has 0 radical (unpaired) electrons. The molecule has 2 heterocycles. The summed E-state index contributed by atoms with van der Waals surface area (Å²) in [6, 6.07) is 4.09. The number of aromatic nitrogens is 3. The Morgan fingerprint density at radius 3 is 2.68 bits per heavy atom. The van der Waals surface area contributed by atoms with E-state index in [1.807, 2.05) is 29.8 Å². The molecule has 3 rings (SSSR count). The first-order chi connectivity index (χ1) is 11.1. The second-order valence-electron chi connectivity index (χ2n) is 6.20. The lowest BCUT2D eigenvalue weighted by atomic mass is 10.00. The average Bonchev–Trinajstić information content (AvgIpc) is 3.15. The van der Waals surface area contributed by atoms with Crippen molar-refractivity contribution in [2.75, 3.05) is 0 Å². The van der Waals surface area contributed by atoms with Crippen molar-refractivity contribution in [3.05, 3.63) is 42.1 Å². The van der Waals surface area contributed by atoms with Crippen LogP contribution in [0.1, 0.15) is 37.1 Å². The van der Waals surface area contributed by atoms with Gasteiger partial charge in [0.05, 0.1) is 0 Å². The number of hydrogen-bond donors (Lipinski definition) is 2. The number of carbonyl (C=O) groups excluding carboxylic acids is 1. The zero-order valence-corrected chi connectivity index (χ0v) is 15.9. The third kappa shape index (κ3) is 5.42. The maximum atomic E-state index is 12.0. The van der Waals surface area contributed by atoms with E-state index < -0.39 is 0 Å². The lowest BCUT2D eigenvalue weighted by molar-refractivity contribution is -0.122. The van der Waals surface area contributed by atoms with Crippen molar-refractivity contribution >= 4 is 30.7 Å². The van der Waals surface area contributed by atoms with E-state index >= 15 is 0 Å². The smallest absolute Gasteiger partial charge is 0.220 e. The highest BCUT2D eigenvalue weighted by Gasteiger charge is 2.25. The van der Waals surface area contributed by atoms with Crippen molar-refractivity contribution in [1.29, 1.82) is 0 Å². The Balaban J connectivity index is 0.00000156. The van der Waals surface area contributed by atoms with Gasteiger partial charge in [-0.2, -0.15) is 0 Å². The van der Waals surface area contributed by atoms with Gasteiger partial charge in [0.15, 0.2) is 0 Å². The standard InChI is InChI=1S/C17H23N5O.2ClH/c1-12-19-7-8-22(12)16-6-5-13(10-20-16)11-21-17(23)9-14-3-2-4-15(14)18;;/h5-8,10,14-15H,2-4,9,11,18H2,1H3,(H,21,23);2*1H/t14-,15+;;/m0../s1. The predicted molar refractivity (Wildman–Crippen MR) is 102 cm³/mol. The summed E-state index contributed by atoms with van der Waals surface area (Å²) >= 11 is 0. The molecule has 1 aliphatic rings. The summed E-state index contributed by atoms with van der Waals surface area (Å²) in [5.41, 5.74) is 6.99. The summed E-state index contributed by atoms with van der Waals surface area (Å²) in [5, 5.41) is 2.96. The molecule has 6 nitrogen and oxygen atoms in total. The van der Waals surface area contributed by atoms with E-state index in [4.69, 9.17) is 5.73 Å². The van der Waals surface area contributed by atoms with Crippen LogP contribution in [0.5, 0.6) is 0 Å². The first kappa shape index (κ1) is 21.4. The van der Waals surface area contributed by atoms with Crippen LogP contribution in [-0.4, -0.2) is 26.5 Å². The fourth-order valence-corrected chi connectivity index (χ4v) is 3.11. The van der Waals surface area contributed by atoms with Crippen LogP contribution in [0.25, 0.3) is 5.82 Å². The number of nitrogens with two attached hydrogens (primary N) is 1. The molecule has 1 aliphatic carbocycles. The Morgan fingerprint density at radius 1 is 1.32 bits per heavy atom. The minimum Gasteiger partial charge on any atom is -0.352 e. The summed E-state index contributed by atoms with van der Waals surface area (Å²) in [6.45, 7) is 2.43.